The second-order valence-corrected chi connectivity index (χ2v) is 6.78. The van der Waals surface area contributed by atoms with Gasteiger partial charge in [-0.2, -0.15) is 0 Å². The highest BCUT2D eigenvalue weighted by Gasteiger charge is 2.86. The van der Waals surface area contributed by atoms with E-state index in [9.17, 15) is 9.59 Å². The molecule has 2 bridgehead atoms. The molecule has 0 radical (unpaired) electrons. The van der Waals surface area contributed by atoms with Crippen molar-refractivity contribution in [2.45, 2.75) is 6.42 Å². The lowest BCUT2D eigenvalue weighted by Gasteiger charge is -2.24. The molecular weight excluding hydrogens is 188 g/mol. The lowest BCUT2D eigenvalue weighted by molar-refractivity contribution is -0.139. The molecule has 0 aromatic rings. The molecule has 6 rings (SSSR count). The van der Waals surface area contributed by atoms with Crippen LogP contribution in [0.4, 0.5) is 0 Å². The molecule has 15 heavy (non-hydrogen) atoms. The second-order valence-electron chi connectivity index (χ2n) is 6.78. The van der Waals surface area contributed by atoms with Gasteiger partial charge in [-0.05, 0) is 41.9 Å². The number of hydrogen-bond acceptors (Lipinski definition) is 2. The van der Waals surface area contributed by atoms with Crippen LogP contribution in [-0.2, 0) is 9.59 Å². The zero-order chi connectivity index (χ0) is 9.64. The van der Waals surface area contributed by atoms with Crippen LogP contribution in [0.3, 0.4) is 0 Å². The predicted molar refractivity (Wildman–Crippen MR) is 49.5 cm³/mol. The van der Waals surface area contributed by atoms with Gasteiger partial charge in [0.25, 0.3) is 0 Å². The van der Waals surface area contributed by atoms with E-state index in [2.05, 4.69) is 0 Å². The van der Waals surface area contributed by atoms with Crippen LogP contribution >= 0.6 is 0 Å². The summed E-state index contributed by atoms with van der Waals surface area (Å²) in [7, 11) is 0. The first-order valence-corrected chi connectivity index (χ1v) is 6.38. The fourth-order valence-corrected chi connectivity index (χ4v) is 7.49. The Bertz CT molecular complexity index is 389. The standard InChI is InChI=1S/C13H12O2/c14-12-8-4-2-1-3-6(4)10(12)11-7(3)5(2)9(8)13(11)15/h2-11H,1H2. The number of carbonyl (C=O) groups excluding carboxylic acids is 2. The van der Waals surface area contributed by atoms with E-state index < -0.39 is 0 Å². The van der Waals surface area contributed by atoms with Crippen molar-refractivity contribution < 1.29 is 9.59 Å². The fourth-order valence-electron chi connectivity index (χ4n) is 7.49. The average molecular weight is 200 g/mol. The van der Waals surface area contributed by atoms with Gasteiger partial charge in [-0.15, -0.1) is 0 Å². The SMILES string of the molecule is O=C1C2C3C(=O)C4C1C1C5CC(C21)C3C54. The Balaban J connectivity index is 1.83. The highest BCUT2D eigenvalue weighted by Crippen LogP contribution is 2.84. The molecule has 0 amide bonds. The van der Waals surface area contributed by atoms with E-state index in [-0.39, 0.29) is 23.7 Å². The number of ketones is 2. The predicted octanol–water partition coefficient (Wildman–Crippen LogP) is 0.758. The Morgan fingerprint density at radius 3 is 1.33 bits per heavy atom. The first kappa shape index (κ1) is 6.82. The van der Waals surface area contributed by atoms with Gasteiger partial charge in [0.05, 0.1) is 0 Å². The van der Waals surface area contributed by atoms with Crippen molar-refractivity contribution in [2.24, 2.45) is 59.2 Å². The summed E-state index contributed by atoms with van der Waals surface area (Å²) < 4.78 is 0. The zero-order valence-electron chi connectivity index (χ0n) is 8.30. The van der Waals surface area contributed by atoms with E-state index in [0.717, 1.165) is 11.8 Å². The Hall–Kier alpha value is -0.660. The van der Waals surface area contributed by atoms with Gasteiger partial charge in [-0.1, -0.05) is 0 Å². The smallest absolute Gasteiger partial charge is 0.141 e. The van der Waals surface area contributed by atoms with Crippen LogP contribution in [-0.4, -0.2) is 11.6 Å². The van der Waals surface area contributed by atoms with Gasteiger partial charge >= 0.3 is 0 Å². The van der Waals surface area contributed by atoms with Crippen molar-refractivity contribution >= 4 is 11.6 Å². The van der Waals surface area contributed by atoms with Crippen molar-refractivity contribution in [3.8, 4) is 0 Å². The van der Waals surface area contributed by atoms with E-state index >= 15 is 0 Å². The third-order valence-electron chi connectivity index (χ3n) is 7.16. The summed E-state index contributed by atoms with van der Waals surface area (Å²) >= 11 is 0. The van der Waals surface area contributed by atoms with Crippen LogP contribution in [0.1, 0.15) is 6.42 Å². The van der Waals surface area contributed by atoms with Crippen molar-refractivity contribution in [2.75, 3.05) is 0 Å². The van der Waals surface area contributed by atoms with Gasteiger partial charge in [0.15, 0.2) is 0 Å². The lowest BCUT2D eigenvalue weighted by Crippen LogP contribution is -2.37. The highest BCUT2D eigenvalue weighted by molar-refractivity contribution is 6.05. The van der Waals surface area contributed by atoms with Gasteiger partial charge in [-0.3, -0.25) is 9.59 Å². The molecule has 6 saturated carbocycles. The van der Waals surface area contributed by atoms with E-state index in [1.165, 1.54) is 6.42 Å². The molecule has 0 aromatic heterocycles. The number of fused-ring (bicyclic) bond motifs is 2. The molecule has 0 spiro atoms. The van der Waals surface area contributed by atoms with E-state index in [4.69, 9.17) is 0 Å². The molecule has 0 heterocycles. The summed E-state index contributed by atoms with van der Waals surface area (Å²) in [6.45, 7) is 0. The number of rotatable bonds is 0. The van der Waals surface area contributed by atoms with Gasteiger partial charge in [-0.25, -0.2) is 0 Å². The molecule has 0 N–H and O–H groups in total. The Kier molecular flexibility index (Phi) is 0.700. The quantitative estimate of drug-likeness (QED) is 0.578. The minimum Gasteiger partial charge on any atom is -0.299 e. The van der Waals surface area contributed by atoms with Crippen LogP contribution in [0.15, 0.2) is 0 Å². The Morgan fingerprint density at radius 1 is 0.667 bits per heavy atom. The highest BCUT2D eigenvalue weighted by atomic mass is 16.1. The summed E-state index contributed by atoms with van der Waals surface area (Å²) in [6, 6.07) is 0. The monoisotopic (exact) mass is 200 g/mol. The first-order chi connectivity index (χ1) is 7.30. The first-order valence-electron chi connectivity index (χ1n) is 6.38. The van der Waals surface area contributed by atoms with Crippen molar-refractivity contribution in [3.05, 3.63) is 0 Å². The molecule has 0 aromatic carbocycles. The summed E-state index contributed by atoms with van der Waals surface area (Å²) in [5.41, 5.74) is 0. The normalized spacial score (nSPS) is 78.7. The third-order valence-corrected chi connectivity index (χ3v) is 7.16. The minimum atomic E-state index is 0.219. The zero-order valence-corrected chi connectivity index (χ0v) is 8.30. The largest absolute Gasteiger partial charge is 0.299 e. The molecular formula is C13H12O2. The second kappa shape index (κ2) is 1.54. The molecule has 2 nitrogen and oxygen atoms in total. The number of Topliss-reactive ketones (excluding diaryl/α,β-unsaturated/α-hetero) is 2. The van der Waals surface area contributed by atoms with Crippen LogP contribution in [0.2, 0.25) is 0 Å². The van der Waals surface area contributed by atoms with Gasteiger partial charge in [0.2, 0.25) is 0 Å². The van der Waals surface area contributed by atoms with Crippen molar-refractivity contribution in [3.63, 3.8) is 0 Å². The molecule has 8 unspecified atom stereocenters. The maximum atomic E-state index is 12.3. The molecule has 8 atom stereocenters. The van der Waals surface area contributed by atoms with Crippen molar-refractivity contribution in [1.29, 1.82) is 0 Å². The molecule has 0 saturated heterocycles. The van der Waals surface area contributed by atoms with E-state index in [1.807, 2.05) is 0 Å². The molecule has 6 aliphatic rings. The topological polar surface area (TPSA) is 34.1 Å². The number of carbonyl (C=O) groups is 2. The van der Waals surface area contributed by atoms with Crippen LogP contribution < -0.4 is 0 Å². The van der Waals surface area contributed by atoms with Gasteiger partial charge < -0.3 is 0 Å². The molecule has 6 aliphatic carbocycles. The minimum absolute atomic E-state index is 0.219. The molecule has 6 fully saturated rings. The third kappa shape index (κ3) is 0.378. The van der Waals surface area contributed by atoms with Crippen LogP contribution in [0.25, 0.3) is 0 Å². The van der Waals surface area contributed by atoms with E-state index in [0.29, 0.717) is 35.2 Å². The lowest BCUT2D eigenvalue weighted by atomic mass is 9.78. The fraction of sp³-hybridized carbons (Fsp3) is 0.846. The molecule has 2 heteroatoms. The Morgan fingerprint density at radius 2 is 1.00 bits per heavy atom. The summed E-state index contributed by atoms with van der Waals surface area (Å²) in [4.78, 5) is 24.6. The van der Waals surface area contributed by atoms with Gasteiger partial charge in [0, 0.05) is 23.7 Å². The summed E-state index contributed by atoms with van der Waals surface area (Å²) in [5.74, 6) is 6.22. The summed E-state index contributed by atoms with van der Waals surface area (Å²) in [6.07, 6.45) is 1.38. The number of hydrogen-bond donors (Lipinski definition) is 0. The molecule has 0 aliphatic heterocycles. The Labute approximate surface area is 87.4 Å². The van der Waals surface area contributed by atoms with Crippen molar-refractivity contribution in [1.82, 2.24) is 0 Å². The van der Waals surface area contributed by atoms with Crippen LogP contribution in [0.5, 0.6) is 0 Å². The summed E-state index contributed by atoms with van der Waals surface area (Å²) in [5, 5.41) is 0. The maximum Gasteiger partial charge on any atom is 0.141 e. The van der Waals surface area contributed by atoms with Gasteiger partial charge in [0.1, 0.15) is 11.6 Å². The molecule has 76 valence electrons. The maximum absolute atomic E-state index is 12.3. The van der Waals surface area contributed by atoms with Crippen LogP contribution in [0, 0.1) is 59.2 Å². The van der Waals surface area contributed by atoms with E-state index in [1.54, 1.807) is 0 Å². The average Bonchev–Trinajstić information content (AvgIpc) is 2.79.